The average Bonchev–Trinajstić information content (AvgIpc) is 3.14. The normalized spacial score (nSPS) is 14.4. The molecule has 1 aliphatic carbocycles. The van der Waals surface area contributed by atoms with Crippen molar-refractivity contribution in [2.45, 2.75) is 19.3 Å². The van der Waals surface area contributed by atoms with Crippen LogP contribution in [0.15, 0.2) is 12.3 Å². The second-order valence-electron chi connectivity index (χ2n) is 4.32. The van der Waals surface area contributed by atoms with E-state index in [1.807, 2.05) is 0 Å². The molecule has 0 saturated heterocycles. The van der Waals surface area contributed by atoms with Crippen molar-refractivity contribution in [3.63, 3.8) is 0 Å². The molecule has 1 fully saturated rings. The molecule has 0 amide bonds. The summed E-state index contributed by atoms with van der Waals surface area (Å²) in [5, 5.41) is 3.16. The summed E-state index contributed by atoms with van der Waals surface area (Å²) in [6.07, 6.45) is 5.29. The maximum Gasteiger partial charge on any atom is 0.341 e. The number of pyridine rings is 1. The molecule has 0 radical (unpaired) electrons. The number of anilines is 2. The van der Waals surface area contributed by atoms with Gasteiger partial charge >= 0.3 is 5.97 Å². The van der Waals surface area contributed by atoms with Crippen LogP contribution in [0.5, 0.6) is 0 Å². The predicted octanol–water partition coefficient (Wildman–Crippen LogP) is 1.66. The third-order valence-corrected chi connectivity index (χ3v) is 2.86. The summed E-state index contributed by atoms with van der Waals surface area (Å²) in [5.41, 5.74) is 6.46. The number of esters is 1. The minimum Gasteiger partial charge on any atom is -0.465 e. The Morgan fingerprint density at radius 2 is 2.41 bits per heavy atom. The fourth-order valence-electron chi connectivity index (χ4n) is 1.69. The topological polar surface area (TPSA) is 77.2 Å². The Bertz CT molecular complexity index is 416. The molecule has 0 aliphatic heterocycles. The zero-order valence-corrected chi connectivity index (χ0v) is 9.90. The first-order chi connectivity index (χ1) is 8.20. The molecule has 3 N–H and O–H groups in total. The first kappa shape index (κ1) is 11.7. The van der Waals surface area contributed by atoms with Crippen molar-refractivity contribution >= 4 is 17.5 Å². The Morgan fingerprint density at radius 1 is 1.65 bits per heavy atom. The van der Waals surface area contributed by atoms with Crippen molar-refractivity contribution in [3.8, 4) is 0 Å². The second kappa shape index (κ2) is 5.03. The second-order valence-corrected chi connectivity index (χ2v) is 4.32. The molecule has 5 heteroatoms. The van der Waals surface area contributed by atoms with Gasteiger partial charge in [0.25, 0.3) is 0 Å². The molecule has 1 heterocycles. The van der Waals surface area contributed by atoms with Crippen LogP contribution in [0, 0.1) is 5.92 Å². The van der Waals surface area contributed by atoms with Crippen LogP contribution in [0.25, 0.3) is 0 Å². The Balaban J connectivity index is 2.04. The summed E-state index contributed by atoms with van der Waals surface area (Å²) in [6, 6.07) is 1.58. The molecule has 0 atom stereocenters. The largest absolute Gasteiger partial charge is 0.465 e. The van der Waals surface area contributed by atoms with Gasteiger partial charge in [-0.15, -0.1) is 0 Å². The summed E-state index contributed by atoms with van der Waals surface area (Å²) in [5.74, 6) is 0.975. The number of ether oxygens (including phenoxy) is 1. The van der Waals surface area contributed by atoms with Crippen LogP contribution in [-0.2, 0) is 4.74 Å². The van der Waals surface area contributed by atoms with Crippen molar-refractivity contribution in [3.05, 3.63) is 17.8 Å². The molecule has 17 heavy (non-hydrogen) atoms. The van der Waals surface area contributed by atoms with Crippen LogP contribution < -0.4 is 11.1 Å². The maximum atomic E-state index is 11.5. The van der Waals surface area contributed by atoms with E-state index in [-0.39, 0.29) is 0 Å². The van der Waals surface area contributed by atoms with Crippen LogP contribution in [0.2, 0.25) is 0 Å². The smallest absolute Gasteiger partial charge is 0.341 e. The van der Waals surface area contributed by atoms with Crippen molar-refractivity contribution in [2.75, 3.05) is 24.7 Å². The average molecular weight is 235 g/mol. The lowest BCUT2D eigenvalue weighted by atomic mass is 10.2. The number of methoxy groups -OCH3 is 1. The summed E-state index contributed by atoms with van der Waals surface area (Å²) < 4.78 is 4.70. The number of hydrogen-bond donors (Lipinski definition) is 2. The fourth-order valence-corrected chi connectivity index (χ4v) is 1.69. The van der Waals surface area contributed by atoms with Gasteiger partial charge in [0, 0.05) is 6.54 Å². The maximum absolute atomic E-state index is 11.5. The van der Waals surface area contributed by atoms with Crippen LogP contribution >= 0.6 is 0 Å². The molecule has 1 saturated carbocycles. The monoisotopic (exact) mass is 235 g/mol. The Hall–Kier alpha value is -1.78. The first-order valence-corrected chi connectivity index (χ1v) is 5.78. The molecule has 0 unspecified atom stereocenters. The van der Waals surface area contributed by atoms with E-state index in [1.165, 1.54) is 26.1 Å². The number of carbonyl (C=O) groups excluding carboxylic acids is 1. The van der Waals surface area contributed by atoms with Gasteiger partial charge in [-0.2, -0.15) is 0 Å². The molecule has 1 aromatic heterocycles. The van der Waals surface area contributed by atoms with Gasteiger partial charge < -0.3 is 15.8 Å². The highest BCUT2D eigenvalue weighted by Crippen LogP contribution is 2.32. The highest BCUT2D eigenvalue weighted by Gasteiger charge is 2.21. The van der Waals surface area contributed by atoms with E-state index in [4.69, 9.17) is 10.5 Å². The number of nitrogens with zero attached hydrogens (tertiary/aromatic N) is 1. The first-order valence-electron chi connectivity index (χ1n) is 5.78. The minimum atomic E-state index is -0.418. The molecule has 92 valence electrons. The van der Waals surface area contributed by atoms with E-state index in [1.54, 1.807) is 6.07 Å². The van der Waals surface area contributed by atoms with Crippen LogP contribution in [0.1, 0.15) is 29.6 Å². The SMILES string of the molecule is COC(=O)c1cc(N)cnc1NCCC1CC1. The number of carbonyl (C=O) groups is 1. The molecular weight excluding hydrogens is 218 g/mol. The van der Waals surface area contributed by atoms with Gasteiger partial charge in [0.1, 0.15) is 11.4 Å². The van der Waals surface area contributed by atoms with Crippen LogP contribution in [0.4, 0.5) is 11.5 Å². The number of hydrogen-bond acceptors (Lipinski definition) is 5. The lowest BCUT2D eigenvalue weighted by molar-refractivity contribution is 0.0601. The number of nitrogen functional groups attached to an aromatic ring is 1. The number of aromatic nitrogens is 1. The third-order valence-electron chi connectivity index (χ3n) is 2.86. The van der Waals surface area contributed by atoms with E-state index in [9.17, 15) is 4.79 Å². The Morgan fingerprint density at radius 3 is 3.06 bits per heavy atom. The summed E-state index contributed by atoms with van der Waals surface area (Å²) >= 11 is 0. The van der Waals surface area contributed by atoms with E-state index in [2.05, 4.69) is 10.3 Å². The van der Waals surface area contributed by atoms with Gasteiger partial charge in [-0.05, 0) is 18.4 Å². The van der Waals surface area contributed by atoms with Gasteiger partial charge in [0.05, 0.1) is 19.0 Å². The summed E-state index contributed by atoms with van der Waals surface area (Å²) in [4.78, 5) is 15.7. The van der Waals surface area contributed by atoms with Gasteiger partial charge in [-0.25, -0.2) is 9.78 Å². The van der Waals surface area contributed by atoms with Gasteiger partial charge in [0.2, 0.25) is 0 Å². The van der Waals surface area contributed by atoms with Crippen molar-refractivity contribution < 1.29 is 9.53 Å². The number of nitrogens with one attached hydrogen (secondary N) is 1. The summed E-state index contributed by atoms with van der Waals surface area (Å²) in [6.45, 7) is 0.825. The molecule has 0 bridgehead atoms. The summed E-state index contributed by atoms with van der Waals surface area (Å²) in [7, 11) is 1.35. The standard InChI is InChI=1S/C12H17N3O2/c1-17-12(16)10-6-9(13)7-15-11(10)14-5-4-8-2-3-8/h6-8H,2-5,13H2,1H3,(H,14,15). The quantitative estimate of drug-likeness (QED) is 0.759. The Labute approximate surface area is 100 Å². The van der Waals surface area contributed by atoms with E-state index in [0.29, 0.717) is 17.1 Å². The highest BCUT2D eigenvalue weighted by atomic mass is 16.5. The van der Waals surface area contributed by atoms with E-state index in [0.717, 1.165) is 18.9 Å². The molecule has 2 rings (SSSR count). The molecule has 0 aromatic carbocycles. The van der Waals surface area contributed by atoms with Crippen molar-refractivity contribution in [1.82, 2.24) is 4.98 Å². The number of rotatable bonds is 5. The zero-order valence-electron chi connectivity index (χ0n) is 9.90. The molecule has 5 nitrogen and oxygen atoms in total. The van der Waals surface area contributed by atoms with Gasteiger partial charge in [-0.3, -0.25) is 0 Å². The van der Waals surface area contributed by atoms with Gasteiger partial charge in [0.15, 0.2) is 0 Å². The highest BCUT2D eigenvalue weighted by molar-refractivity contribution is 5.95. The van der Waals surface area contributed by atoms with Crippen molar-refractivity contribution in [2.24, 2.45) is 5.92 Å². The Kier molecular flexibility index (Phi) is 3.46. The van der Waals surface area contributed by atoms with Crippen LogP contribution in [-0.4, -0.2) is 24.6 Å². The molecule has 1 aliphatic rings. The van der Waals surface area contributed by atoms with Gasteiger partial charge in [-0.1, -0.05) is 12.8 Å². The predicted molar refractivity (Wildman–Crippen MR) is 65.8 cm³/mol. The van der Waals surface area contributed by atoms with Crippen molar-refractivity contribution in [1.29, 1.82) is 0 Å². The third kappa shape index (κ3) is 3.09. The van der Waals surface area contributed by atoms with Crippen LogP contribution in [0.3, 0.4) is 0 Å². The van der Waals surface area contributed by atoms with E-state index < -0.39 is 5.97 Å². The fraction of sp³-hybridized carbons (Fsp3) is 0.500. The number of nitrogens with two attached hydrogens (primary N) is 1. The molecular formula is C12H17N3O2. The van der Waals surface area contributed by atoms with E-state index >= 15 is 0 Å². The molecule has 0 spiro atoms. The minimum absolute atomic E-state index is 0.392. The lowest BCUT2D eigenvalue weighted by Crippen LogP contribution is -2.12. The molecule has 1 aromatic rings. The zero-order chi connectivity index (χ0) is 12.3. The lowest BCUT2D eigenvalue weighted by Gasteiger charge is -2.09.